The fraction of sp³-hybridized carbons (Fsp3) is 0.833. The lowest BCUT2D eigenvalue weighted by Gasteiger charge is -2.44. The number of hydrogen-bond acceptors (Lipinski definition) is 2. The number of alkyl halides is 2. The summed E-state index contributed by atoms with van der Waals surface area (Å²) in [7, 11) is 1.26. The van der Waals surface area contributed by atoms with Gasteiger partial charge in [0.15, 0.2) is 0 Å². The monoisotopic (exact) mass is 278 g/mol. The van der Waals surface area contributed by atoms with E-state index in [0.717, 1.165) is 4.90 Å². The molecule has 1 aliphatic heterocycles. The molecule has 1 unspecified atom stereocenters. The molecule has 7 heteroatoms. The van der Waals surface area contributed by atoms with Gasteiger partial charge in [-0.15, -0.1) is 0 Å². The normalized spacial score (nSPS) is 22.4. The molecule has 0 aromatic rings. The Morgan fingerprint density at radius 1 is 1.47 bits per heavy atom. The van der Waals surface area contributed by atoms with E-state index >= 15 is 0 Å². The van der Waals surface area contributed by atoms with Crippen molar-refractivity contribution in [1.82, 2.24) is 9.80 Å². The zero-order valence-electron chi connectivity index (χ0n) is 11.4. The lowest BCUT2D eigenvalue weighted by molar-refractivity contribution is -0.148. The Labute approximate surface area is 111 Å². The zero-order valence-corrected chi connectivity index (χ0v) is 11.4. The van der Waals surface area contributed by atoms with Crippen LogP contribution in [0, 0.1) is 5.41 Å². The molecule has 1 aliphatic rings. The molecular weight excluding hydrogens is 258 g/mol. The molecular formula is C12H20F2N2O3. The number of carbonyl (C=O) groups excluding carboxylic acids is 1. The molecule has 0 aliphatic carbocycles. The molecule has 1 N–H and O–H groups in total. The maximum Gasteiger partial charge on any atom is 0.327 e. The van der Waals surface area contributed by atoms with Crippen molar-refractivity contribution >= 4 is 12.0 Å². The van der Waals surface area contributed by atoms with Crippen LogP contribution in [0.5, 0.6) is 0 Å². The minimum atomic E-state index is -2.63. The Kier molecular flexibility index (Phi) is 4.70. The number of piperidine rings is 1. The summed E-state index contributed by atoms with van der Waals surface area (Å²) in [5.74, 6) is -1.09. The number of carboxylic acids is 1. The van der Waals surface area contributed by atoms with Crippen LogP contribution in [0.1, 0.15) is 26.7 Å². The zero-order chi connectivity index (χ0) is 14.8. The molecule has 0 aromatic heterocycles. The van der Waals surface area contributed by atoms with Crippen LogP contribution in [0.3, 0.4) is 0 Å². The van der Waals surface area contributed by atoms with Crippen LogP contribution in [0.25, 0.3) is 0 Å². The van der Waals surface area contributed by atoms with Gasteiger partial charge < -0.3 is 14.9 Å². The van der Waals surface area contributed by atoms with Crippen molar-refractivity contribution in [2.75, 3.05) is 20.1 Å². The summed E-state index contributed by atoms with van der Waals surface area (Å²) >= 11 is 0. The van der Waals surface area contributed by atoms with Gasteiger partial charge in [-0.3, -0.25) is 0 Å². The number of hydrogen-bond donors (Lipinski definition) is 1. The predicted octanol–water partition coefficient (Wildman–Crippen LogP) is 1.88. The highest BCUT2D eigenvalue weighted by atomic mass is 19.3. The summed E-state index contributed by atoms with van der Waals surface area (Å²) in [5.41, 5.74) is -0.564. The third-order valence-electron chi connectivity index (χ3n) is 3.49. The van der Waals surface area contributed by atoms with Crippen LogP contribution >= 0.6 is 0 Å². The Bertz CT molecular complexity index is 361. The summed E-state index contributed by atoms with van der Waals surface area (Å²) in [5, 5.41) is 9.30. The van der Waals surface area contributed by atoms with E-state index in [4.69, 9.17) is 0 Å². The van der Waals surface area contributed by atoms with Gasteiger partial charge in [-0.05, 0) is 18.3 Å². The van der Waals surface area contributed by atoms with E-state index < -0.39 is 36.4 Å². The Morgan fingerprint density at radius 3 is 2.53 bits per heavy atom. The molecule has 0 spiro atoms. The number of nitrogens with zero attached hydrogens (tertiary/aromatic N) is 2. The molecule has 1 heterocycles. The van der Waals surface area contributed by atoms with Gasteiger partial charge in [-0.1, -0.05) is 13.8 Å². The Morgan fingerprint density at radius 2 is 2.05 bits per heavy atom. The van der Waals surface area contributed by atoms with Crippen molar-refractivity contribution in [1.29, 1.82) is 0 Å². The van der Waals surface area contributed by atoms with E-state index in [-0.39, 0.29) is 6.54 Å². The van der Waals surface area contributed by atoms with Crippen LogP contribution in [0.4, 0.5) is 13.6 Å². The van der Waals surface area contributed by atoms with Crippen LogP contribution in [-0.4, -0.2) is 59.5 Å². The number of likely N-dealkylation sites (tertiary alicyclic amines) is 1. The van der Waals surface area contributed by atoms with Crippen molar-refractivity contribution in [3.63, 3.8) is 0 Å². The average Bonchev–Trinajstić information content (AvgIpc) is 2.24. The maximum atomic E-state index is 12.3. The highest BCUT2D eigenvalue weighted by Crippen LogP contribution is 2.35. The van der Waals surface area contributed by atoms with Crippen molar-refractivity contribution in [2.24, 2.45) is 5.41 Å². The number of aliphatic carboxylic acids is 1. The van der Waals surface area contributed by atoms with E-state index in [2.05, 4.69) is 0 Å². The number of rotatable bonds is 3. The van der Waals surface area contributed by atoms with E-state index in [1.165, 1.54) is 11.9 Å². The van der Waals surface area contributed by atoms with Gasteiger partial charge in [0, 0.05) is 13.6 Å². The molecule has 110 valence electrons. The summed E-state index contributed by atoms with van der Waals surface area (Å²) < 4.78 is 24.6. The fourth-order valence-electron chi connectivity index (χ4n) is 2.57. The lowest BCUT2D eigenvalue weighted by Crippen LogP contribution is -2.59. The first-order chi connectivity index (χ1) is 8.66. The summed E-state index contributed by atoms with van der Waals surface area (Å²) in [6.45, 7) is 3.14. The molecule has 0 radical (unpaired) electrons. The molecule has 19 heavy (non-hydrogen) atoms. The van der Waals surface area contributed by atoms with Gasteiger partial charge in [-0.2, -0.15) is 0 Å². The quantitative estimate of drug-likeness (QED) is 0.857. The van der Waals surface area contributed by atoms with Gasteiger partial charge in [-0.25, -0.2) is 18.4 Å². The second-order valence-electron chi connectivity index (χ2n) is 5.58. The summed E-state index contributed by atoms with van der Waals surface area (Å²) in [6, 6.07) is -1.63. The van der Waals surface area contributed by atoms with Crippen molar-refractivity contribution in [3.05, 3.63) is 0 Å². The van der Waals surface area contributed by atoms with Gasteiger partial charge in [0.25, 0.3) is 6.43 Å². The van der Waals surface area contributed by atoms with Crippen LogP contribution in [0.2, 0.25) is 0 Å². The molecule has 1 rings (SSSR count). The van der Waals surface area contributed by atoms with Crippen molar-refractivity contribution in [2.45, 2.75) is 39.2 Å². The summed E-state index contributed by atoms with van der Waals surface area (Å²) in [6.07, 6.45) is -1.27. The smallest absolute Gasteiger partial charge is 0.327 e. The first-order valence-electron chi connectivity index (χ1n) is 6.19. The van der Waals surface area contributed by atoms with E-state index in [1.807, 2.05) is 0 Å². The highest BCUT2D eigenvalue weighted by molar-refractivity contribution is 5.83. The standard InChI is InChI=1S/C12H20F2N2O3/c1-12(2)5-4-6-16(9(12)10(17)18)11(19)15(3)7-8(13)14/h8-9H,4-7H2,1-3H3,(H,17,18). The second-order valence-corrected chi connectivity index (χ2v) is 5.58. The van der Waals surface area contributed by atoms with Crippen LogP contribution in [0.15, 0.2) is 0 Å². The Hall–Kier alpha value is -1.40. The molecule has 5 nitrogen and oxygen atoms in total. The van der Waals surface area contributed by atoms with Crippen LogP contribution in [-0.2, 0) is 4.79 Å². The second kappa shape index (κ2) is 5.71. The van der Waals surface area contributed by atoms with E-state index in [1.54, 1.807) is 13.8 Å². The van der Waals surface area contributed by atoms with Gasteiger partial charge in [0.05, 0.1) is 6.54 Å². The minimum Gasteiger partial charge on any atom is -0.480 e. The predicted molar refractivity (Wildman–Crippen MR) is 65.2 cm³/mol. The SMILES string of the molecule is CN(CC(F)F)C(=O)N1CCCC(C)(C)C1C(=O)O. The molecule has 0 saturated carbocycles. The number of urea groups is 1. The third-order valence-corrected chi connectivity index (χ3v) is 3.49. The molecule has 1 atom stereocenters. The maximum absolute atomic E-state index is 12.3. The van der Waals surface area contributed by atoms with E-state index in [0.29, 0.717) is 12.8 Å². The summed E-state index contributed by atoms with van der Waals surface area (Å²) in [4.78, 5) is 25.5. The Balaban J connectivity index is 2.90. The number of carbonyl (C=O) groups is 2. The molecule has 1 fully saturated rings. The van der Waals surface area contributed by atoms with Gasteiger partial charge >= 0.3 is 12.0 Å². The highest BCUT2D eigenvalue weighted by Gasteiger charge is 2.45. The van der Waals surface area contributed by atoms with E-state index in [9.17, 15) is 23.5 Å². The van der Waals surface area contributed by atoms with Gasteiger partial charge in [0.2, 0.25) is 0 Å². The number of amides is 2. The van der Waals surface area contributed by atoms with Crippen molar-refractivity contribution < 1.29 is 23.5 Å². The molecule has 1 saturated heterocycles. The number of carboxylic acid groups (broad SMARTS) is 1. The topological polar surface area (TPSA) is 60.9 Å². The van der Waals surface area contributed by atoms with Crippen LogP contribution < -0.4 is 0 Å². The largest absolute Gasteiger partial charge is 0.480 e. The first kappa shape index (κ1) is 15.7. The minimum absolute atomic E-state index is 0.285. The van der Waals surface area contributed by atoms with Crippen molar-refractivity contribution in [3.8, 4) is 0 Å². The fourth-order valence-corrected chi connectivity index (χ4v) is 2.57. The molecule has 0 bridgehead atoms. The third kappa shape index (κ3) is 3.54. The molecule has 2 amide bonds. The first-order valence-corrected chi connectivity index (χ1v) is 6.19. The van der Waals surface area contributed by atoms with Gasteiger partial charge in [0.1, 0.15) is 6.04 Å². The lowest BCUT2D eigenvalue weighted by atomic mass is 9.76. The average molecular weight is 278 g/mol. The number of halogens is 2. The molecule has 0 aromatic carbocycles.